The van der Waals surface area contributed by atoms with Crippen LogP contribution in [0.3, 0.4) is 0 Å². The molecule has 0 unspecified atom stereocenters. The second-order valence-electron chi connectivity index (χ2n) is 3.70. The van der Waals surface area contributed by atoms with E-state index in [1.165, 1.54) is 0 Å². The Morgan fingerprint density at radius 1 is 1.69 bits per heavy atom. The molecule has 0 fully saturated rings. The van der Waals surface area contributed by atoms with Gasteiger partial charge in [-0.25, -0.2) is 4.98 Å². The van der Waals surface area contributed by atoms with Crippen molar-refractivity contribution >= 4 is 27.7 Å². The lowest BCUT2D eigenvalue weighted by Gasteiger charge is -2.12. The number of carbonyl (C=O) groups excluding carboxylic acids is 1. The maximum Gasteiger partial charge on any atom is 0.242 e. The highest BCUT2D eigenvalue weighted by molar-refractivity contribution is 9.10. The van der Waals surface area contributed by atoms with E-state index in [2.05, 4.69) is 26.2 Å². The third-order valence-corrected chi connectivity index (χ3v) is 2.66. The number of carbonyl (C=O) groups is 1. The van der Waals surface area contributed by atoms with Crippen LogP contribution in [-0.2, 0) is 4.79 Å². The Balaban J connectivity index is 2.69. The van der Waals surface area contributed by atoms with Crippen LogP contribution in [-0.4, -0.2) is 16.9 Å². The quantitative estimate of drug-likeness (QED) is 0.891. The highest BCUT2D eigenvalue weighted by Crippen LogP contribution is 2.16. The minimum absolute atomic E-state index is 0.181. The van der Waals surface area contributed by atoms with Crippen LogP contribution >= 0.6 is 15.9 Å². The standard InChI is InChI=1S/C11H16BrN3O/c1-3-4-9(13)11(16)15-10-7(2)5-8(12)6-14-10/h5-6,9H,3-4,13H2,1-2H3,(H,14,15,16)/t9-/m1/s1. The molecule has 4 nitrogen and oxygen atoms in total. The number of nitrogens with one attached hydrogen (secondary N) is 1. The highest BCUT2D eigenvalue weighted by atomic mass is 79.9. The molecule has 0 aromatic carbocycles. The van der Waals surface area contributed by atoms with Gasteiger partial charge in [0.05, 0.1) is 6.04 Å². The van der Waals surface area contributed by atoms with Crippen molar-refractivity contribution in [3.8, 4) is 0 Å². The lowest BCUT2D eigenvalue weighted by Crippen LogP contribution is -2.35. The van der Waals surface area contributed by atoms with Crippen molar-refractivity contribution in [1.82, 2.24) is 4.98 Å². The SMILES string of the molecule is CCC[C@@H](N)C(=O)Nc1ncc(Br)cc1C. The first-order valence-corrected chi connectivity index (χ1v) is 6.02. The molecule has 0 spiro atoms. The Morgan fingerprint density at radius 2 is 2.38 bits per heavy atom. The summed E-state index contributed by atoms with van der Waals surface area (Å²) < 4.78 is 0.890. The number of hydrogen-bond donors (Lipinski definition) is 2. The molecule has 1 aromatic heterocycles. The number of pyridine rings is 1. The van der Waals surface area contributed by atoms with Crippen LogP contribution < -0.4 is 11.1 Å². The molecule has 0 aliphatic heterocycles. The summed E-state index contributed by atoms with van der Waals surface area (Å²) in [6.45, 7) is 3.88. The largest absolute Gasteiger partial charge is 0.320 e. The van der Waals surface area contributed by atoms with Gasteiger partial charge >= 0.3 is 0 Å². The Bertz CT molecular complexity index is 381. The molecule has 1 amide bonds. The van der Waals surface area contributed by atoms with Crippen LogP contribution in [0.5, 0.6) is 0 Å². The molecule has 3 N–H and O–H groups in total. The molecule has 88 valence electrons. The second-order valence-corrected chi connectivity index (χ2v) is 4.62. The van der Waals surface area contributed by atoms with Gasteiger partial charge in [-0.3, -0.25) is 4.79 Å². The first kappa shape index (κ1) is 13.1. The fraction of sp³-hybridized carbons (Fsp3) is 0.455. The molecule has 1 aromatic rings. The number of amides is 1. The molecule has 5 heteroatoms. The van der Waals surface area contributed by atoms with E-state index in [-0.39, 0.29) is 5.91 Å². The summed E-state index contributed by atoms with van der Waals surface area (Å²) in [6.07, 6.45) is 3.22. The van der Waals surface area contributed by atoms with Crippen molar-refractivity contribution in [3.05, 3.63) is 22.3 Å². The number of aryl methyl sites for hydroxylation is 1. The van der Waals surface area contributed by atoms with Gasteiger partial charge in [0.15, 0.2) is 0 Å². The van der Waals surface area contributed by atoms with Crippen LogP contribution in [0, 0.1) is 6.92 Å². The molecule has 1 atom stereocenters. The minimum atomic E-state index is -0.463. The van der Waals surface area contributed by atoms with E-state index in [1.807, 2.05) is 19.9 Å². The van der Waals surface area contributed by atoms with E-state index in [4.69, 9.17) is 5.73 Å². The number of nitrogens with two attached hydrogens (primary N) is 1. The van der Waals surface area contributed by atoms with Gasteiger partial charge in [0, 0.05) is 10.7 Å². The minimum Gasteiger partial charge on any atom is -0.320 e. The van der Waals surface area contributed by atoms with Gasteiger partial charge in [-0.15, -0.1) is 0 Å². The third-order valence-electron chi connectivity index (χ3n) is 2.22. The predicted octanol–water partition coefficient (Wildman–Crippen LogP) is 2.22. The number of rotatable bonds is 4. The molecule has 16 heavy (non-hydrogen) atoms. The summed E-state index contributed by atoms with van der Waals surface area (Å²) in [6, 6.07) is 1.43. The Kier molecular flexibility index (Phi) is 4.89. The Morgan fingerprint density at radius 3 is 2.94 bits per heavy atom. The van der Waals surface area contributed by atoms with Crippen molar-refractivity contribution in [1.29, 1.82) is 0 Å². The molecule has 0 aliphatic rings. The summed E-state index contributed by atoms with van der Waals surface area (Å²) in [4.78, 5) is 15.8. The molecule has 1 heterocycles. The fourth-order valence-corrected chi connectivity index (χ4v) is 1.77. The maximum absolute atomic E-state index is 11.7. The monoisotopic (exact) mass is 285 g/mol. The van der Waals surface area contributed by atoms with Gasteiger partial charge in [-0.1, -0.05) is 13.3 Å². The molecular formula is C11H16BrN3O. The fourth-order valence-electron chi connectivity index (χ4n) is 1.32. The molecule has 0 saturated heterocycles. The van der Waals surface area contributed by atoms with Crippen molar-refractivity contribution < 1.29 is 4.79 Å². The van der Waals surface area contributed by atoms with E-state index in [9.17, 15) is 4.79 Å². The maximum atomic E-state index is 11.7. The van der Waals surface area contributed by atoms with Crippen molar-refractivity contribution in [2.45, 2.75) is 32.7 Å². The van der Waals surface area contributed by atoms with E-state index in [1.54, 1.807) is 6.20 Å². The zero-order chi connectivity index (χ0) is 12.1. The molecular weight excluding hydrogens is 270 g/mol. The normalized spacial score (nSPS) is 12.2. The predicted molar refractivity (Wildman–Crippen MR) is 68.2 cm³/mol. The van der Waals surface area contributed by atoms with Gasteiger partial charge in [-0.05, 0) is 40.9 Å². The van der Waals surface area contributed by atoms with Gasteiger partial charge < -0.3 is 11.1 Å². The highest BCUT2D eigenvalue weighted by Gasteiger charge is 2.13. The smallest absolute Gasteiger partial charge is 0.242 e. The number of aromatic nitrogens is 1. The Hall–Kier alpha value is -0.940. The van der Waals surface area contributed by atoms with Gasteiger partial charge in [0.1, 0.15) is 5.82 Å². The van der Waals surface area contributed by atoms with Crippen molar-refractivity contribution in [2.75, 3.05) is 5.32 Å². The second kappa shape index (κ2) is 5.96. The summed E-state index contributed by atoms with van der Waals surface area (Å²) in [5.74, 6) is 0.388. The van der Waals surface area contributed by atoms with Crippen LogP contribution in [0.4, 0.5) is 5.82 Å². The summed E-state index contributed by atoms with van der Waals surface area (Å²) in [7, 11) is 0. The van der Waals surface area contributed by atoms with Gasteiger partial charge in [0.2, 0.25) is 5.91 Å². The van der Waals surface area contributed by atoms with E-state index in [0.717, 1.165) is 16.5 Å². The molecule has 1 rings (SSSR count). The third kappa shape index (κ3) is 3.57. The van der Waals surface area contributed by atoms with Crippen LogP contribution in [0.25, 0.3) is 0 Å². The molecule has 0 aliphatic carbocycles. The van der Waals surface area contributed by atoms with E-state index >= 15 is 0 Å². The number of anilines is 1. The topological polar surface area (TPSA) is 68.0 Å². The number of nitrogens with zero attached hydrogens (tertiary/aromatic N) is 1. The first-order chi connectivity index (χ1) is 7.54. The van der Waals surface area contributed by atoms with Crippen molar-refractivity contribution in [3.63, 3.8) is 0 Å². The van der Waals surface area contributed by atoms with E-state index < -0.39 is 6.04 Å². The van der Waals surface area contributed by atoms with Crippen LogP contribution in [0.1, 0.15) is 25.3 Å². The average molecular weight is 286 g/mol. The van der Waals surface area contributed by atoms with E-state index in [0.29, 0.717) is 12.2 Å². The number of hydrogen-bond acceptors (Lipinski definition) is 3. The Labute approximate surface area is 104 Å². The van der Waals surface area contributed by atoms with Gasteiger partial charge in [0.25, 0.3) is 0 Å². The number of halogens is 1. The molecule has 0 saturated carbocycles. The summed E-state index contributed by atoms with van der Waals surface area (Å²) in [5, 5.41) is 2.73. The average Bonchev–Trinajstić information content (AvgIpc) is 2.22. The van der Waals surface area contributed by atoms with Crippen LogP contribution in [0.15, 0.2) is 16.7 Å². The zero-order valence-electron chi connectivity index (χ0n) is 9.46. The summed E-state index contributed by atoms with van der Waals surface area (Å²) >= 11 is 3.32. The first-order valence-electron chi connectivity index (χ1n) is 5.23. The van der Waals surface area contributed by atoms with Crippen molar-refractivity contribution in [2.24, 2.45) is 5.73 Å². The summed E-state index contributed by atoms with van der Waals surface area (Å²) in [5.41, 5.74) is 6.62. The van der Waals surface area contributed by atoms with Gasteiger partial charge in [-0.2, -0.15) is 0 Å². The molecule has 0 bridgehead atoms. The lowest BCUT2D eigenvalue weighted by molar-refractivity contribution is -0.117. The van der Waals surface area contributed by atoms with Crippen LogP contribution in [0.2, 0.25) is 0 Å². The molecule has 0 radical (unpaired) electrons. The lowest BCUT2D eigenvalue weighted by atomic mass is 10.1. The zero-order valence-corrected chi connectivity index (χ0v) is 11.0.